The molecule has 0 saturated carbocycles. The predicted octanol–water partition coefficient (Wildman–Crippen LogP) is 3.22. The van der Waals surface area contributed by atoms with E-state index in [-0.39, 0.29) is 11.5 Å². The molecule has 2 N–H and O–H groups in total. The lowest BCUT2D eigenvalue weighted by molar-refractivity contribution is -0.143. The van der Waals surface area contributed by atoms with Crippen molar-refractivity contribution in [3.63, 3.8) is 0 Å². The van der Waals surface area contributed by atoms with Crippen molar-refractivity contribution in [2.75, 3.05) is 11.9 Å². The van der Waals surface area contributed by atoms with E-state index in [0.717, 1.165) is 0 Å². The lowest BCUT2D eigenvalue weighted by Crippen LogP contribution is -2.40. The van der Waals surface area contributed by atoms with Crippen LogP contribution in [0.15, 0.2) is 41.8 Å². The molecule has 0 aliphatic heterocycles. The van der Waals surface area contributed by atoms with Crippen LogP contribution in [0.1, 0.15) is 27.0 Å². The van der Waals surface area contributed by atoms with Gasteiger partial charge in [-0.1, -0.05) is 6.07 Å². The molecule has 0 aliphatic carbocycles. The van der Waals surface area contributed by atoms with Gasteiger partial charge >= 0.3 is 12.1 Å². The number of esters is 1. The van der Waals surface area contributed by atoms with Crippen molar-refractivity contribution in [1.29, 1.82) is 0 Å². The predicted molar refractivity (Wildman–Crippen MR) is 92.7 cm³/mol. The zero-order chi connectivity index (χ0) is 20.0. The largest absolute Gasteiger partial charge is 0.449 e. The van der Waals surface area contributed by atoms with E-state index >= 15 is 0 Å². The molecule has 10 heteroatoms. The van der Waals surface area contributed by atoms with Gasteiger partial charge < -0.3 is 15.4 Å². The minimum atomic E-state index is -4.55. The van der Waals surface area contributed by atoms with Gasteiger partial charge in [0.1, 0.15) is 6.54 Å². The standard InChI is InChI=1S/C17H15F3N2O4S/c1-10(14(23)21-9-17(18,19)20)26-16(25)11-4-6-12(7-5-11)22-15(24)13-3-2-8-27-13/h2-8,10H,9H2,1H3,(H,21,23)(H,22,24). The van der Waals surface area contributed by atoms with Crippen molar-refractivity contribution in [3.8, 4) is 0 Å². The number of rotatable bonds is 6. The van der Waals surface area contributed by atoms with Crippen molar-refractivity contribution in [2.45, 2.75) is 19.2 Å². The van der Waals surface area contributed by atoms with Crippen LogP contribution < -0.4 is 10.6 Å². The molecule has 0 radical (unpaired) electrons. The van der Waals surface area contributed by atoms with E-state index in [4.69, 9.17) is 4.74 Å². The number of hydrogen-bond acceptors (Lipinski definition) is 5. The quantitative estimate of drug-likeness (QED) is 0.730. The summed E-state index contributed by atoms with van der Waals surface area (Å²) >= 11 is 1.28. The van der Waals surface area contributed by atoms with Crippen LogP contribution in [0.2, 0.25) is 0 Å². The second-order valence-electron chi connectivity index (χ2n) is 5.39. The Morgan fingerprint density at radius 2 is 1.81 bits per heavy atom. The van der Waals surface area contributed by atoms with Gasteiger partial charge in [0.25, 0.3) is 11.8 Å². The highest BCUT2D eigenvalue weighted by atomic mass is 32.1. The number of alkyl halides is 3. The van der Waals surface area contributed by atoms with Crippen LogP contribution in [0.3, 0.4) is 0 Å². The molecule has 1 atom stereocenters. The molecule has 2 amide bonds. The van der Waals surface area contributed by atoms with Gasteiger partial charge in [0.2, 0.25) is 0 Å². The van der Waals surface area contributed by atoms with Gasteiger partial charge in [0.05, 0.1) is 10.4 Å². The van der Waals surface area contributed by atoms with Crippen LogP contribution in [0, 0.1) is 0 Å². The first kappa shape index (κ1) is 20.4. The summed E-state index contributed by atoms with van der Waals surface area (Å²) in [6, 6.07) is 9.08. The Labute approximate surface area is 156 Å². The zero-order valence-corrected chi connectivity index (χ0v) is 14.8. The summed E-state index contributed by atoms with van der Waals surface area (Å²) in [5.41, 5.74) is 0.528. The van der Waals surface area contributed by atoms with Gasteiger partial charge in [0.15, 0.2) is 6.10 Å². The first-order chi connectivity index (χ1) is 12.7. The molecule has 1 heterocycles. The Morgan fingerprint density at radius 1 is 1.15 bits per heavy atom. The summed E-state index contributed by atoms with van der Waals surface area (Å²) in [6.07, 6.45) is -5.94. The number of benzene rings is 1. The smallest absolute Gasteiger partial charge is 0.405 e. The van der Waals surface area contributed by atoms with Crippen LogP contribution in [-0.4, -0.2) is 36.6 Å². The summed E-state index contributed by atoms with van der Waals surface area (Å²) in [5, 5.41) is 6.05. The number of carbonyl (C=O) groups excluding carboxylic acids is 3. The summed E-state index contributed by atoms with van der Waals surface area (Å²) in [6.45, 7) is -0.342. The minimum Gasteiger partial charge on any atom is -0.449 e. The first-order valence-corrected chi connectivity index (χ1v) is 8.54. The molecule has 144 valence electrons. The van der Waals surface area contributed by atoms with E-state index in [2.05, 4.69) is 5.32 Å². The van der Waals surface area contributed by atoms with Crippen molar-refractivity contribution < 1.29 is 32.3 Å². The highest BCUT2D eigenvalue weighted by Crippen LogP contribution is 2.15. The Morgan fingerprint density at radius 3 is 2.37 bits per heavy atom. The second kappa shape index (κ2) is 8.67. The molecule has 1 aromatic heterocycles. The molecule has 0 fully saturated rings. The fraction of sp³-hybridized carbons (Fsp3) is 0.235. The molecule has 0 aliphatic rings. The Bertz CT molecular complexity index is 805. The van der Waals surface area contributed by atoms with Crippen LogP contribution in [-0.2, 0) is 9.53 Å². The second-order valence-corrected chi connectivity index (χ2v) is 6.34. The number of thiophene rings is 1. The van der Waals surface area contributed by atoms with Crippen LogP contribution in [0.5, 0.6) is 0 Å². The third kappa shape index (κ3) is 6.41. The number of amides is 2. The maximum atomic E-state index is 12.1. The third-order valence-electron chi connectivity index (χ3n) is 3.24. The topological polar surface area (TPSA) is 84.5 Å². The number of ether oxygens (including phenoxy) is 1. The van der Waals surface area contributed by atoms with E-state index in [0.29, 0.717) is 10.6 Å². The number of anilines is 1. The van der Waals surface area contributed by atoms with Crippen molar-refractivity contribution in [3.05, 3.63) is 52.2 Å². The van der Waals surface area contributed by atoms with Crippen LogP contribution >= 0.6 is 11.3 Å². The fourth-order valence-electron chi connectivity index (χ4n) is 1.90. The van der Waals surface area contributed by atoms with Crippen LogP contribution in [0.25, 0.3) is 0 Å². The Hall–Kier alpha value is -2.88. The Kier molecular flexibility index (Phi) is 6.56. The Balaban J connectivity index is 1.89. The van der Waals surface area contributed by atoms with E-state index < -0.39 is 30.7 Å². The highest BCUT2D eigenvalue weighted by molar-refractivity contribution is 7.12. The minimum absolute atomic E-state index is 0.0830. The lowest BCUT2D eigenvalue weighted by atomic mass is 10.2. The van der Waals surface area contributed by atoms with Gasteiger partial charge in [-0.2, -0.15) is 13.2 Å². The number of carbonyl (C=O) groups is 3. The maximum absolute atomic E-state index is 12.1. The summed E-state index contributed by atoms with van der Waals surface area (Å²) in [5.74, 6) is -2.23. The average Bonchev–Trinajstić information content (AvgIpc) is 3.14. The van der Waals surface area contributed by atoms with E-state index in [1.54, 1.807) is 22.8 Å². The average molecular weight is 400 g/mol. The number of halogens is 3. The molecule has 0 spiro atoms. The molecule has 27 heavy (non-hydrogen) atoms. The molecule has 2 aromatic rings. The summed E-state index contributed by atoms with van der Waals surface area (Å²) in [4.78, 5) is 35.9. The molecule has 6 nitrogen and oxygen atoms in total. The zero-order valence-electron chi connectivity index (χ0n) is 14.0. The van der Waals surface area contributed by atoms with Crippen molar-refractivity contribution in [1.82, 2.24) is 5.32 Å². The van der Waals surface area contributed by atoms with E-state index in [1.807, 2.05) is 0 Å². The summed E-state index contributed by atoms with van der Waals surface area (Å²) < 4.78 is 41.1. The fourth-order valence-corrected chi connectivity index (χ4v) is 2.52. The molecule has 1 aromatic carbocycles. The number of nitrogens with one attached hydrogen (secondary N) is 2. The number of hydrogen-bond donors (Lipinski definition) is 2. The molecule has 0 bridgehead atoms. The molecule has 0 saturated heterocycles. The summed E-state index contributed by atoms with van der Waals surface area (Å²) in [7, 11) is 0. The van der Waals surface area contributed by atoms with Gasteiger partial charge in [-0.05, 0) is 42.6 Å². The van der Waals surface area contributed by atoms with E-state index in [1.165, 1.54) is 42.5 Å². The van der Waals surface area contributed by atoms with Gasteiger partial charge in [-0.3, -0.25) is 9.59 Å². The normalized spacial score (nSPS) is 12.1. The molecular weight excluding hydrogens is 385 g/mol. The molecule has 1 unspecified atom stereocenters. The van der Waals surface area contributed by atoms with Crippen molar-refractivity contribution in [2.24, 2.45) is 0 Å². The highest BCUT2D eigenvalue weighted by Gasteiger charge is 2.29. The molecule has 2 rings (SSSR count). The monoisotopic (exact) mass is 400 g/mol. The lowest BCUT2D eigenvalue weighted by Gasteiger charge is -2.14. The third-order valence-corrected chi connectivity index (χ3v) is 4.11. The van der Waals surface area contributed by atoms with Gasteiger partial charge in [-0.15, -0.1) is 11.3 Å². The SMILES string of the molecule is CC(OC(=O)c1ccc(NC(=O)c2cccs2)cc1)C(=O)NCC(F)(F)F. The van der Waals surface area contributed by atoms with E-state index in [9.17, 15) is 27.6 Å². The van der Waals surface area contributed by atoms with Gasteiger partial charge in [-0.25, -0.2) is 4.79 Å². The van der Waals surface area contributed by atoms with Crippen LogP contribution in [0.4, 0.5) is 18.9 Å². The molecular formula is C17H15F3N2O4S. The van der Waals surface area contributed by atoms with Crippen molar-refractivity contribution >= 4 is 34.8 Å². The maximum Gasteiger partial charge on any atom is 0.405 e. The first-order valence-electron chi connectivity index (χ1n) is 7.66. The van der Waals surface area contributed by atoms with Gasteiger partial charge in [0, 0.05) is 5.69 Å².